The van der Waals surface area contributed by atoms with Gasteiger partial charge in [0, 0.05) is 17.3 Å². The molecule has 0 aliphatic rings. The molecule has 0 bridgehead atoms. The van der Waals surface area contributed by atoms with Crippen molar-refractivity contribution in [3.63, 3.8) is 0 Å². The molecule has 0 radical (unpaired) electrons. The summed E-state index contributed by atoms with van der Waals surface area (Å²) in [7, 11) is 0. The van der Waals surface area contributed by atoms with E-state index >= 15 is 0 Å². The smallest absolute Gasteiger partial charge is 0.265 e. The molecule has 5 nitrogen and oxygen atoms in total. The van der Waals surface area contributed by atoms with Crippen molar-refractivity contribution < 1.29 is 4.79 Å². The van der Waals surface area contributed by atoms with Crippen LogP contribution in [-0.4, -0.2) is 15.5 Å². The molecule has 30 heavy (non-hydrogen) atoms. The predicted octanol–water partition coefficient (Wildman–Crippen LogP) is 4.82. The van der Waals surface area contributed by atoms with Crippen LogP contribution in [0.3, 0.4) is 0 Å². The van der Waals surface area contributed by atoms with Gasteiger partial charge in [0.1, 0.15) is 11.2 Å². The van der Waals surface area contributed by atoms with Crippen LogP contribution in [0.4, 0.5) is 5.69 Å². The number of nitrogens with zero attached hydrogens (tertiary/aromatic N) is 2. The minimum atomic E-state index is -0.426. The number of nitrogens with one attached hydrogen (secondary N) is 1. The van der Waals surface area contributed by atoms with E-state index in [1.54, 1.807) is 22.9 Å². The zero-order chi connectivity index (χ0) is 21.1. The number of amides is 1. The van der Waals surface area contributed by atoms with Crippen LogP contribution in [0.1, 0.15) is 41.3 Å². The van der Waals surface area contributed by atoms with E-state index in [1.165, 1.54) is 5.56 Å². The Labute approximate surface area is 175 Å². The zero-order valence-corrected chi connectivity index (χ0v) is 17.0. The van der Waals surface area contributed by atoms with Gasteiger partial charge in [-0.3, -0.25) is 14.2 Å². The summed E-state index contributed by atoms with van der Waals surface area (Å²) < 4.78 is 1.56. The molecule has 4 rings (SSSR count). The fourth-order valence-electron chi connectivity index (χ4n) is 3.43. The Bertz CT molecular complexity index is 1240. The van der Waals surface area contributed by atoms with Crippen LogP contribution < -0.4 is 10.9 Å². The zero-order valence-electron chi connectivity index (χ0n) is 17.0. The second-order valence-corrected chi connectivity index (χ2v) is 7.58. The first-order valence-electron chi connectivity index (χ1n) is 9.97. The number of benzene rings is 2. The lowest BCUT2D eigenvalue weighted by atomic mass is 10.0. The van der Waals surface area contributed by atoms with E-state index in [0.717, 1.165) is 10.9 Å². The van der Waals surface area contributed by atoms with E-state index < -0.39 is 5.91 Å². The van der Waals surface area contributed by atoms with Crippen LogP contribution in [0.15, 0.2) is 83.8 Å². The molecule has 0 atom stereocenters. The highest BCUT2D eigenvalue weighted by molar-refractivity contribution is 6.05. The highest BCUT2D eigenvalue weighted by Gasteiger charge is 2.17. The normalized spacial score (nSPS) is 11.0. The van der Waals surface area contributed by atoms with Gasteiger partial charge in [0.15, 0.2) is 0 Å². The van der Waals surface area contributed by atoms with Gasteiger partial charge < -0.3 is 5.32 Å². The molecular formula is C25H23N3O2. The second-order valence-electron chi connectivity index (χ2n) is 7.58. The monoisotopic (exact) mass is 397 g/mol. The van der Waals surface area contributed by atoms with E-state index in [-0.39, 0.29) is 11.1 Å². The van der Waals surface area contributed by atoms with E-state index in [2.05, 4.69) is 24.1 Å². The van der Waals surface area contributed by atoms with Crippen molar-refractivity contribution in [1.29, 1.82) is 0 Å². The first-order chi connectivity index (χ1) is 14.5. The number of hydrogen-bond donors (Lipinski definition) is 1. The summed E-state index contributed by atoms with van der Waals surface area (Å²) in [5.41, 5.74) is 3.11. The van der Waals surface area contributed by atoms with E-state index in [1.807, 2.05) is 60.7 Å². The van der Waals surface area contributed by atoms with Gasteiger partial charge in [0.05, 0.1) is 6.54 Å². The largest absolute Gasteiger partial charge is 0.322 e. The molecule has 1 amide bonds. The van der Waals surface area contributed by atoms with Gasteiger partial charge in [-0.05, 0) is 47.4 Å². The van der Waals surface area contributed by atoms with Gasteiger partial charge in [-0.2, -0.15) is 0 Å². The molecule has 4 aromatic rings. The summed E-state index contributed by atoms with van der Waals surface area (Å²) in [6.07, 6.45) is 1.65. The summed E-state index contributed by atoms with van der Waals surface area (Å²) in [6.45, 7) is 4.58. The van der Waals surface area contributed by atoms with Gasteiger partial charge in [0.2, 0.25) is 0 Å². The van der Waals surface area contributed by atoms with Crippen molar-refractivity contribution in [2.75, 3.05) is 5.32 Å². The van der Waals surface area contributed by atoms with Gasteiger partial charge in [-0.1, -0.05) is 56.3 Å². The quantitative estimate of drug-likeness (QED) is 0.525. The molecular weight excluding hydrogens is 374 g/mol. The fourth-order valence-corrected chi connectivity index (χ4v) is 3.43. The molecule has 0 spiro atoms. The average Bonchev–Trinajstić information content (AvgIpc) is 2.76. The minimum Gasteiger partial charge on any atom is -0.322 e. The molecule has 2 aromatic carbocycles. The molecule has 2 aromatic heterocycles. The molecule has 0 saturated carbocycles. The van der Waals surface area contributed by atoms with Crippen molar-refractivity contribution in [2.45, 2.75) is 26.3 Å². The summed E-state index contributed by atoms with van der Waals surface area (Å²) in [5, 5.41) is 3.59. The van der Waals surface area contributed by atoms with Crippen LogP contribution in [0.2, 0.25) is 0 Å². The number of fused-ring (bicyclic) bond motifs is 1. The second kappa shape index (κ2) is 8.33. The number of pyridine rings is 2. The summed E-state index contributed by atoms with van der Waals surface area (Å²) in [6, 6.07) is 22.6. The third-order valence-corrected chi connectivity index (χ3v) is 5.11. The predicted molar refractivity (Wildman–Crippen MR) is 120 cm³/mol. The Balaban J connectivity index is 1.72. The maximum absolute atomic E-state index is 13.2. The van der Waals surface area contributed by atoms with Crippen molar-refractivity contribution in [3.05, 3.63) is 106 Å². The van der Waals surface area contributed by atoms with Crippen LogP contribution in [-0.2, 0) is 6.54 Å². The molecule has 0 fully saturated rings. The standard InChI is InChI=1S/C25H23N3O2/c1-17(2)19-10-12-21(13-11-19)27-24(29)22-15-20-9-6-14-26-23(20)28(25(22)30)16-18-7-4-3-5-8-18/h3-15,17H,16H2,1-2H3,(H,27,29). The highest BCUT2D eigenvalue weighted by atomic mass is 16.2. The van der Waals surface area contributed by atoms with Crippen LogP contribution >= 0.6 is 0 Å². The third kappa shape index (κ3) is 4.01. The molecule has 0 saturated heterocycles. The average molecular weight is 397 g/mol. The van der Waals surface area contributed by atoms with E-state index in [0.29, 0.717) is 23.8 Å². The Morgan fingerprint density at radius 1 is 1.00 bits per heavy atom. The molecule has 0 aliphatic heterocycles. The van der Waals surface area contributed by atoms with Crippen LogP contribution in [0, 0.1) is 0 Å². The lowest BCUT2D eigenvalue weighted by Crippen LogP contribution is -2.30. The molecule has 2 heterocycles. The molecule has 1 N–H and O–H groups in total. The number of hydrogen-bond acceptors (Lipinski definition) is 3. The van der Waals surface area contributed by atoms with Crippen molar-refractivity contribution in [3.8, 4) is 0 Å². The van der Waals surface area contributed by atoms with Gasteiger partial charge >= 0.3 is 0 Å². The molecule has 0 unspecified atom stereocenters. The summed E-state index contributed by atoms with van der Waals surface area (Å²) in [4.78, 5) is 30.6. The van der Waals surface area contributed by atoms with E-state index in [9.17, 15) is 9.59 Å². The van der Waals surface area contributed by atoms with Gasteiger partial charge in [-0.15, -0.1) is 0 Å². The first-order valence-corrected chi connectivity index (χ1v) is 9.97. The minimum absolute atomic E-state index is 0.0966. The molecule has 5 heteroatoms. The number of carbonyl (C=O) groups excluding carboxylic acids is 1. The highest BCUT2D eigenvalue weighted by Crippen LogP contribution is 2.18. The van der Waals surface area contributed by atoms with Gasteiger partial charge in [0.25, 0.3) is 11.5 Å². The number of carbonyl (C=O) groups is 1. The Hall–Kier alpha value is -3.73. The lowest BCUT2D eigenvalue weighted by molar-refractivity contribution is 0.102. The van der Waals surface area contributed by atoms with Crippen molar-refractivity contribution in [2.24, 2.45) is 0 Å². The SMILES string of the molecule is CC(C)c1ccc(NC(=O)c2cc3cccnc3n(Cc3ccccc3)c2=O)cc1. The topological polar surface area (TPSA) is 64.0 Å². The van der Waals surface area contributed by atoms with Crippen LogP contribution in [0.5, 0.6) is 0 Å². The Morgan fingerprint density at radius 3 is 2.43 bits per heavy atom. The Morgan fingerprint density at radius 2 is 1.73 bits per heavy atom. The summed E-state index contributed by atoms with van der Waals surface area (Å²) >= 11 is 0. The third-order valence-electron chi connectivity index (χ3n) is 5.11. The van der Waals surface area contributed by atoms with Crippen molar-refractivity contribution >= 4 is 22.6 Å². The first kappa shape index (κ1) is 19.6. The molecule has 0 aliphatic carbocycles. The van der Waals surface area contributed by atoms with Crippen LogP contribution in [0.25, 0.3) is 11.0 Å². The maximum atomic E-state index is 13.2. The molecule has 150 valence electrons. The van der Waals surface area contributed by atoms with Crippen molar-refractivity contribution in [1.82, 2.24) is 9.55 Å². The number of rotatable bonds is 5. The number of aromatic nitrogens is 2. The Kier molecular flexibility index (Phi) is 5.44. The maximum Gasteiger partial charge on any atom is 0.265 e. The van der Waals surface area contributed by atoms with E-state index in [4.69, 9.17) is 0 Å². The summed E-state index contributed by atoms with van der Waals surface area (Å²) in [5.74, 6) is -0.0159. The lowest BCUT2D eigenvalue weighted by Gasteiger charge is -2.13. The van der Waals surface area contributed by atoms with Gasteiger partial charge in [-0.25, -0.2) is 4.98 Å². The fraction of sp³-hybridized carbons (Fsp3) is 0.160. The number of anilines is 1.